The van der Waals surface area contributed by atoms with Crippen molar-refractivity contribution in [2.45, 2.75) is 39.1 Å². The largest absolute Gasteiger partial charge is 0.490 e. The normalized spacial score (nSPS) is 11.4. The van der Waals surface area contributed by atoms with Gasteiger partial charge in [0, 0.05) is 22.9 Å². The number of carboxylic acid groups (broad SMARTS) is 2. The number of ether oxygens (including phenoxy) is 2. The number of carboxylic acids is 2. The van der Waals surface area contributed by atoms with E-state index in [-0.39, 0.29) is 46.9 Å². The number of halogens is 4. The molecule has 0 spiro atoms. The van der Waals surface area contributed by atoms with Gasteiger partial charge >= 0.3 is 18.1 Å². The van der Waals surface area contributed by atoms with E-state index < -0.39 is 35.9 Å². The first-order valence-electron chi connectivity index (χ1n) is 13.1. The first kappa shape index (κ1) is 35.7. The van der Waals surface area contributed by atoms with E-state index in [2.05, 4.69) is 16.2 Å². The number of aliphatic carboxylic acids is 1. The van der Waals surface area contributed by atoms with Crippen LogP contribution in [0.25, 0.3) is 0 Å². The molecule has 3 aromatic carbocycles. The molecule has 12 nitrogen and oxygen atoms in total. The SMILES string of the molecule is CCOc1cc(C(Nc2ccc(C(=N)N)cc2)C(=O)NNc2ccccc2C(=O)O)c(F)cc1OC(C)C.O=C(O)C(F)(F)F. The van der Waals surface area contributed by atoms with Crippen molar-refractivity contribution in [2.24, 2.45) is 5.73 Å². The number of rotatable bonds is 12. The predicted octanol–water partition coefficient (Wildman–Crippen LogP) is 4.92. The maximum absolute atomic E-state index is 15.4. The Morgan fingerprint density at radius 1 is 1.00 bits per heavy atom. The number of carbonyl (C=O) groups excluding carboxylic acids is 1. The Kier molecular flexibility index (Phi) is 12.5. The summed E-state index contributed by atoms with van der Waals surface area (Å²) in [5.74, 6) is -5.04. The summed E-state index contributed by atoms with van der Waals surface area (Å²) in [6.07, 6.45) is -5.32. The summed E-state index contributed by atoms with van der Waals surface area (Å²) in [7, 11) is 0. The molecule has 0 heterocycles. The molecule has 0 aliphatic heterocycles. The summed E-state index contributed by atoms with van der Waals surface area (Å²) < 4.78 is 58.5. The number of nitrogens with one attached hydrogen (secondary N) is 4. The van der Waals surface area contributed by atoms with Crippen molar-refractivity contribution in [1.29, 1.82) is 5.41 Å². The molecular weight excluding hydrogens is 606 g/mol. The first-order chi connectivity index (χ1) is 21.0. The van der Waals surface area contributed by atoms with Gasteiger partial charge in [0.25, 0.3) is 5.91 Å². The molecule has 1 atom stereocenters. The van der Waals surface area contributed by atoms with Crippen LogP contribution < -0.4 is 31.4 Å². The van der Waals surface area contributed by atoms with E-state index in [4.69, 9.17) is 30.5 Å². The van der Waals surface area contributed by atoms with Gasteiger partial charge in [0.05, 0.1) is 24.0 Å². The van der Waals surface area contributed by atoms with Crippen LogP contribution in [0.5, 0.6) is 11.5 Å². The van der Waals surface area contributed by atoms with Gasteiger partial charge in [0.15, 0.2) is 11.5 Å². The Labute approximate surface area is 254 Å². The van der Waals surface area contributed by atoms with Crippen LogP contribution >= 0.6 is 0 Å². The number of carbonyl (C=O) groups is 3. The number of amidine groups is 1. The molecule has 0 bridgehead atoms. The monoisotopic (exact) mass is 637 g/mol. The van der Waals surface area contributed by atoms with Crippen LogP contribution in [0.4, 0.5) is 28.9 Å². The molecule has 0 fully saturated rings. The van der Waals surface area contributed by atoms with E-state index in [1.165, 1.54) is 18.2 Å². The zero-order chi connectivity index (χ0) is 33.9. The summed E-state index contributed by atoms with van der Waals surface area (Å²) in [6, 6.07) is 13.7. The van der Waals surface area contributed by atoms with Crippen molar-refractivity contribution in [3.63, 3.8) is 0 Å². The number of hydrazine groups is 1. The van der Waals surface area contributed by atoms with Crippen molar-refractivity contribution in [1.82, 2.24) is 5.43 Å². The fourth-order valence-corrected chi connectivity index (χ4v) is 3.56. The van der Waals surface area contributed by atoms with Gasteiger partial charge in [0.1, 0.15) is 17.7 Å². The third-order valence-corrected chi connectivity index (χ3v) is 5.53. The molecular formula is C29H31F4N5O7. The number of amides is 1. The summed E-state index contributed by atoms with van der Waals surface area (Å²) in [6.45, 7) is 5.64. The highest BCUT2D eigenvalue weighted by molar-refractivity contribution is 5.96. The molecule has 0 aromatic heterocycles. The van der Waals surface area contributed by atoms with Gasteiger partial charge in [-0.2, -0.15) is 13.2 Å². The van der Waals surface area contributed by atoms with E-state index in [9.17, 15) is 27.9 Å². The average Bonchev–Trinajstić information content (AvgIpc) is 2.96. The summed E-state index contributed by atoms with van der Waals surface area (Å²) >= 11 is 0. The second-order valence-electron chi connectivity index (χ2n) is 9.26. The average molecular weight is 638 g/mol. The number of anilines is 2. The van der Waals surface area contributed by atoms with Gasteiger partial charge < -0.3 is 30.7 Å². The number of nitrogen functional groups attached to an aromatic ring is 1. The lowest BCUT2D eigenvalue weighted by Gasteiger charge is -2.23. The molecule has 3 rings (SSSR count). The maximum Gasteiger partial charge on any atom is 0.490 e. The molecule has 1 unspecified atom stereocenters. The molecule has 0 aliphatic carbocycles. The quantitative estimate of drug-likeness (QED) is 0.0619. The van der Waals surface area contributed by atoms with Crippen molar-refractivity contribution >= 4 is 35.1 Å². The van der Waals surface area contributed by atoms with E-state index in [0.717, 1.165) is 6.07 Å². The number of aromatic carboxylic acids is 1. The minimum atomic E-state index is -5.08. The molecule has 3 aromatic rings. The van der Waals surface area contributed by atoms with Gasteiger partial charge in [-0.05, 0) is 63.2 Å². The van der Waals surface area contributed by atoms with Crippen LogP contribution in [0.2, 0.25) is 0 Å². The number of alkyl halides is 3. The minimum absolute atomic E-state index is 0.0361. The fourth-order valence-electron chi connectivity index (χ4n) is 3.56. The minimum Gasteiger partial charge on any atom is -0.490 e. The van der Waals surface area contributed by atoms with Gasteiger partial charge in [-0.25, -0.2) is 14.0 Å². The van der Waals surface area contributed by atoms with Crippen LogP contribution in [0, 0.1) is 11.2 Å². The first-order valence-corrected chi connectivity index (χ1v) is 13.1. The van der Waals surface area contributed by atoms with Gasteiger partial charge in [-0.3, -0.25) is 21.1 Å². The lowest BCUT2D eigenvalue weighted by Crippen LogP contribution is -2.38. The van der Waals surface area contributed by atoms with Crippen LogP contribution in [0.15, 0.2) is 60.7 Å². The van der Waals surface area contributed by atoms with Crippen LogP contribution in [0.1, 0.15) is 48.3 Å². The second-order valence-corrected chi connectivity index (χ2v) is 9.26. The van der Waals surface area contributed by atoms with Crippen molar-refractivity contribution in [2.75, 3.05) is 17.3 Å². The molecule has 8 N–H and O–H groups in total. The zero-order valence-corrected chi connectivity index (χ0v) is 24.2. The smallest absolute Gasteiger partial charge is 0.490 e. The lowest BCUT2D eigenvalue weighted by atomic mass is 10.0. The number of benzene rings is 3. The molecule has 242 valence electrons. The molecule has 1 amide bonds. The predicted molar refractivity (Wildman–Crippen MR) is 156 cm³/mol. The van der Waals surface area contributed by atoms with Crippen molar-refractivity contribution < 1.29 is 51.6 Å². The topological polar surface area (TPSA) is 196 Å². The molecule has 0 aliphatic rings. The van der Waals surface area contributed by atoms with Gasteiger partial charge in [0.2, 0.25) is 0 Å². The third-order valence-electron chi connectivity index (χ3n) is 5.53. The standard InChI is InChI=1S/C27H30FN5O5.C2HF3O2/c1-4-37-22-13-19(20(28)14-23(22)38-15(2)3)24(31-17-11-9-16(10-12-17)25(29)30)26(34)33-32-21-8-6-5-7-18(21)27(35)36;3-2(4,5)1(6)7/h5-15,24,31-32H,4H2,1-3H3,(H3,29,30)(H,33,34)(H,35,36);(H,6,7). The van der Waals surface area contributed by atoms with Crippen molar-refractivity contribution in [3.05, 3.63) is 83.2 Å². The fraction of sp³-hybridized carbons (Fsp3) is 0.241. The molecule has 16 heteroatoms. The number of hydrogen-bond acceptors (Lipinski definition) is 8. The number of para-hydroxylation sites is 1. The Morgan fingerprint density at radius 2 is 1.60 bits per heavy atom. The molecule has 0 saturated carbocycles. The third kappa shape index (κ3) is 10.6. The van der Waals surface area contributed by atoms with E-state index in [1.807, 2.05) is 0 Å². The number of hydrogen-bond donors (Lipinski definition) is 7. The Morgan fingerprint density at radius 3 is 2.11 bits per heavy atom. The van der Waals surface area contributed by atoms with Crippen molar-refractivity contribution in [3.8, 4) is 11.5 Å². The molecule has 0 saturated heterocycles. The van der Waals surface area contributed by atoms with E-state index in [0.29, 0.717) is 11.3 Å². The Hall–Kier alpha value is -5.54. The molecule has 45 heavy (non-hydrogen) atoms. The van der Waals surface area contributed by atoms with Gasteiger partial charge in [-0.15, -0.1) is 0 Å². The van der Waals surface area contributed by atoms with Crippen LogP contribution in [0.3, 0.4) is 0 Å². The molecule has 0 radical (unpaired) electrons. The Bertz CT molecular complexity index is 1520. The number of nitrogens with two attached hydrogens (primary N) is 1. The zero-order valence-electron chi connectivity index (χ0n) is 24.2. The van der Waals surface area contributed by atoms with E-state index in [1.54, 1.807) is 57.2 Å². The van der Waals surface area contributed by atoms with Gasteiger partial charge in [-0.1, -0.05) is 12.1 Å². The maximum atomic E-state index is 15.4. The highest BCUT2D eigenvalue weighted by Crippen LogP contribution is 2.35. The highest BCUT2D eigenvalue weighted by atomic mass is 19.4. The summed E-state index contributed by atoms with van der Waals surface area (Å²) in [4.78, 5) is 33.8. The Balaban J connectivity index is 0.000000900. The highest BCUT2D eigenvalue weighted by Gasteiger charge is 2.38. The summed E-state index contributed by atoms with van der Waals surface area (Å²) in [5, 5.41) is 27.1. The summed E-state index contributed by atoms with van der Waals surface area (Å²) in [5.41, 5.74) is 11.6. The van der Waals surface area contributed by atoms with Crippen LogP contribution in [-0.2, 0) is 9.59 Å². The second kappa shape index (κ2) is 15.8. The lowest BCUT2D eigenvalue weighted by molar-refractivity contribution is -0.192. The van der Waals surface area contributed by atoms with Crippen LogP contribution in [-0.4, -0.2) is 52.8 Å². The van der Waals surface area contributed by atoms with E-state index >= 15 is 4.39 Å².